The second-order valence-electron chi connectivity index (χ2n) is 8.59. The SMILES string of the molecule is CS(=O)(=O)c1ccccc1C(=O)CC12CC(NC(=O)COc3ccc(Cl)c(F)c3)(C1)C2. The molecule has 31 heavy (non-hydrogen) atoms. The molecule has 2 aromatic rings. The number of nitrogens with one attached hydrogen (secondary N) is 1. The summed E-state index contributed by atoms with van der Waals surface area (Å²) in [5.74, 6) is -0.935. The van der Waals surface area contributed by atoms with Crippen molar-refractivity contribution >= 4 is 33.1 Å². The van der Waals surface area contributed by atoms with Crippen LogP contribution in [0.1, 0.15) is 36.0 Å². The van der Waals surface area contributed by atoms with E-state index in [4.69, 9.17) is 16.3 Å². The van der Waals surface area contributed by atoms with Gasteiger partial charge in [0.1, 0.15) is 11.6 Å². The third-order valence-corrected chi connectivity index (χ3v) is 7.39. The lowest BCUT2D eigenvalue weighted by Gasteiger charge is -2.70. The van der Waals surface area contributed by atoms with Crippen LogP contribution in [0, 0.1) is 11.2 Å². The normalized spacial score (nSPS) is 24.0. The first-order valence-electron chi connectivity index (χ1n) is 9.72. The second kappa shape index (κ2) is 7.60. The molecule has 5 rings (SSSR count). The quantitative estimate of drug-likeness (QED) is 0.602. The molecular weight excluding hydrogens is 445 g/mol. The van der Waals surface area contributed by atoms with Crippen molar-refractivity contribution in [2.45, 2.75) is 36.1 Å². The van der Waals surface area contributed by atoms with Crippen molar-refractivity contribution in [2.75, 3.05) is 12.9 Å². The van der Waals surface area contributed by atoms with Crippen molar-refractivity contribution in [1.82, 2.24) is 5.32 Å². The lowest BCUT2D eigenvalue weighted by molar-refractivity contribution is -0.164. The fourth-order valence-electron chi connectivity index (χ4n) is 4.82. The number of rotatable bonds is 8. The molecule has 3 saturated carbocycles. The van der Waals surface area contributed by atoms with Crippen molar-refractivity contribution < 1.29 is 27.1 Å². The van der Waals surface area contributed by atoms with Gasteiger partial charge in [-0.25, -0.2) is 12.8 Å². The smallest absolute Gasteiger partial charge is 0.258 e. The predicted molar refractivity (Wildman–Crippen MR) is 113 cm³/mol. The van der Waals surface area contributed by atoms with Gasteiger partial charge in [-0.15, -0.1) is 0 Å². The zero-order valence-electron chi connectivity index (χ0n) is 16.8. The lowest BCUT2D eigenvalue weighted by atomic mass is 9.38. The molecule has 2 bridgehead atoms. The van der Waals surface area contributed by atoms with Crippen LogP contribution in [0.3, 0.4) is 0 Å². The number of ketones is 1. The van der Waals surface area contributed by atoms with Crippen molar-refractivity contribution in [1.29, 1.82) is 0 Å². The van der Waals surface area contributed by atoms with Crippen LogP contribution in [-0.2, 0) is 14.6 Å². The van der Waals surface area contributed by atoms with Gasteiger partial charge in [0.2, 0.25) is 0 Å². The maximum atomic E-state index is 13.4. The Kier molecular flexibility index (Phi) is 5.34. The van der Waals surface area contributed by atoms with E-state index in [1.807, 2.05) is 0 Å². The van der Waals surface area contributed by atoms with Gasteiger partial charge >= 0.3 is 0 Å². The molecule has 1 amide bonds. The third kappa shape index (κ3) is 4.32. The van der Waals surface area contributed by atoms with Gasteiger partial charge in [0.25, 0.3) is 5.91 Å². The first-order chi connectivity index (χ1) is 14.5. The fraction of sp³-hybridized carbons (Fsp3) is 0.364. The van der Waals surface area contributed by atoms with Gasteiger partial charge in [0.05, 0.1) is 9.92 Å². The zero-order chi connectivity index (χ0) is 22.4. The van der Waals surface area contributed by atoms with Crippen molar-refractivity contribution in [3.63, 3.8) is 0 Å². The molecule has 2 aromatic carbocycles. The molecule has 3 aliphatic carbocycles. The Morgan fingerprint density at radius 3 is 2.48 bits per heavy atom. The van der Waals surface area contributed by atoms with E-state index in [-0.39, 0.29) is 56.9 Å². The monoisotopic (exact) mass is 465 g/mol. The molecule has 0 spiro atoms. The molecule has 164 valence electrons. The van der Waals surface area contributed by atoms with Crippen molar-refractivity contribution in [2.24, 2.45) is 5.41 Å². The van der Waals surface area contributed by atoms with Gasteiger partial charge in [0, 0.05) is 29.8 Å². The van der Waals surface area contributed by atoms with Gasteiger partial charge in [-0.05, 0) is 42.9 Å². The van der Waals surface area contributed by atoms with E-state index in [1.54, 1.807) is 18.2 Å². The average Bonchev–Trinajstić information content (AvgIpc) is 2.65. The van der Waals surface area contributed by atoms with E-state index >= 15 is 0 Å². The topological polar surface area (TPSA) is 89.5 Å². The number of halogens is 2. The Balaban J connectivity index is 1.29. The van der Waals surface area contributed by atoms with E-state index in [0.717, 1.165) is 12.3 Å². The summed E-state index contributed by atoms with van der Waals surface area (Å²) < 4.78 is 42.6. The average molecular weight is 466 g/mol. The number of benzene rings is 2. The Hall–Kier alpha value is -2.45. The number of hydrogen-bond acceptors (Lipinski definition) is 5. The minimum atomic E-state index is -3.49. The molecule has 3 aliphatic rings. The number of carbonyl (C=O) groups excluding carboxylic acids is 2. The third-order valence-electron chi connectivity index (χ3n) is 5.93. The van der Waals surface area contributed by atoms with E-state index < -0.39 is 15.7 Å². The lowest BCUT2D eigenvalue weighted by Crippen LogP contribution is -2.75. The molecule has 0 radical (unpaired) electrons. The first-order valence-corrected chi connectivity index (χ1v) is 12.0. The molecule has 0 heterocycles. The molecule has 9 heteroatoms. The molecule has 0 aliphatic heterocycles. The fourth-order valence-corrected chi connectivity index (χ4v) is 5.85. The summed E-state index contributed by atoms with van der Waals surface area (Å²) in [4.78, 5) is 25.0. The van der Waals surface area contributed by atoms with Gasteiger partial charge in [0.15, 0.2) is 22.2 Å². The van der Waals surface area contributed by atoms with Crippen LogP contribution in [0.2, 0.25) is 5.02 Å². The largest absolute Gasteiger partial charge is 0.484 e. The van der Waals surface area contributed by atoms with E-state index in [0.29, 0.717) is 19.3 Å². The number of carbonyl (C=O) groups is 2. The summed E-state index contributed by atoms with van der Waals surface area (Å²) in [6.07, 6.45) is 3.32. The van der Waals surface area contributed by atoms with Crippen molar-refractivity contribution in [3.05, 3.63) is 58.9 Å². The van der Waals surface area contributed by atoms with Crippen molar-refractivity contribution in [3.8, 4) is 5.75 Å². The molecule has 6 nitrogen and oxygen atoms in total. The van der Waals surface area contributed by atoms with Crippen LogP contribution in [0.5, 0.6) is 5.75 Å². The number of sulfone groups is 1. The van der Waals surface area contributed by atoms with Crippen LogP contribution in [0.4, 0.5) is 4.39 Å². The highest BCUT2D eigenvalue weighted by Gasteiger charge is 2.68. The molecule has 0 atom stereocenters. The number of hydrogen-bond donors (Lipinski definition) is 1. The minimum absolute atomic E-state index is 0.0235. The van der Waals surface area contributed by atoms with Gasteiger partial charge in [-0.3, -0.25) is 9.59 Å². The minimum Gasteiger partial charge on any atom is -0.484 e. The molecule has 3 fully saturated rings. The Bertz CT molecular complexity index is 1160. The van der Waals surface area contributed by atoms with E-state index in [2.05, 4.69) is 5.32 Å². The van der Waals surface area contributed by atoms with Crippen LogP contribution in [0.25, 0.3) is 0 Å². The molecular formula is C22H21ClFNO5S. The van der Waals surface area contributed by atoms with Crippen LogP contribution in [-0.4, -0.2) is 38.5 Å². The van der Waals surface area contributed by atoms with Gasteiger partial charge in [-0.1, -0.05) is 29.8 Å². The highest BCUT2D eigenvalue weighted by Crippen LogP contribution is 2.69. The Labute approximate surface area is 184 Å². The van der Waals surface area contributed by atoms with Crippen LogP contribution in [0.15, 0.2) is 47.4 Å². The number of amides is 1. The van der Waals surface area contributed by atoms with Crippen LogP contribution >= 0.6 is 11.6 Å². The van der Waals surface area contributed by atoms with E-state index in [1.165, 1.54) is 18.2 Å². The molecule has 0 aromatic heterocycles. The molecule has 0 saturated heterocycles. The maximum Gasteiger partial charge on any atom is 0.258 e. The highest BCUT2D eigenvalue weighted by atomic mass is 35.5. The highest BCUT2D eigenvalue weighted by molar-refractivity contribution is 7.90. The van der Waals surface area contributed by atoms with Gasteiger partial charge in [-0.2, -0.15) is 0 Å². The van der Waals surface area contributed by atoms with Gasteiger partial charge < -0.3 is 10.1 Å². The Morgan fingerprint density at radius 1 is 1.16 bits per heavy atom. The zero-order valence-corrected chi connectivity index (χ0v) is 18.4. The standard InChI is InChI=1S/C22H21ClFNO5S/c1-31(28,29)19-5-3-2-4-15(19)18(26)9-21-11-22(12-21,13-21)25-20(27)10-30-14-6-7-16(23)17(24)8-14/h2-8H,9-13H2,1H3,(H,25,27). The molecule has 0 unspecified atom stereocenters. The number of ether oxygens (including phenoxy) is 1. The summed E-state index contributed by atoms with van der Waals surface area (Å²) in [7, 11) is -3.49. The predicted octanol–water partition coefficient (Wildman–Crippen LogP) is 3.57. The molecule has 1 N–H and O–H groups in total. The number of Topliss-reactive ketones (excluding diaryl/α,β-unsaturated/α-hetero) is 1. The summed E-state index contributed by atoms with van der Waals surface area (Å²) in [5, 5.41) is 2.91. The summed E-state index contributed by atoms with van der Waals surface area (Å²) >= 11 is 5.62. The maximum absolute atomic E-state index is 13.4. The first kappa shape index (κ1) is 21.8. The van der Waals surface area contributed by atoms with E-state index in [9.17, 15) is 22.4 Å². The summed E-state index contributed by atoms with van der Waals surface area (Å²) in [5.41, 5.74) is -0.325. The Morgan fingerprint density at radius 2 is 1.84 bits per heavy atom. The summed E-state index contributed by atoms with van der Waals surface area (Å²) in [6.45, 7) is -0.253. The summed E-state index contributed by atoms with van der Waals surface area (Å²) in [6, 6.07) is 10.2. The second-order valence-corrected chi connectivity index (χ2v) is 11.0. The van der Waals surface area contributed by atoms with Crippen LogP contribution < -0.4 is 10.1 Å².